The maximum absolute atomic E-state index is 13.1. The Balaban J connectivity index is 1.40. The van der Waals surface area contributed by atoms with Crippen molar-refractivity contribution in [3.63, 3.8) is 0 Å². The monoisotopic (exact) mass is 346 g/mol. The number of rotatable bonds is 6. The SMILES string of the molecule is CCCCC[Si@H]1CC[C@H](C2CCC(c3ccc(F)cc3)CC2)CC1. The van der Waals surface area contributed by atoms with Crippen LogP contribution in [0.3, 0.4) is 0 Å². The van der Waals surface area contributed by atoms with Gasteiger partial charge < -0.3 is 0 Å². The average Bonchev–Trinajstić information content (AvgIpc) is 2.63. The molecule has 2 aliphatic rings. The van der Waals surface area contributed by atoms with Crippen molar-refractivity contribution in [2.45, 2.75) is 88.8 Å². The Labute approximate surface area is 149 Å². The van der Waals surface area contributed by atoms with E-state index in [9.17, 15) is 4.39 Å². The van der Waals surface area contributed by atoms with Crippen molar-refractivity contribution >= 4 is 8.80 Å². The van der Waals surface area contributed by atoms with Crippen LogP contribution >= 0.6 is 0 Å². The maximum atomic E-state index is 13.1. The lowest BCUT2D eigenvalue weighted by Gasteiger charge is -2.37. The Kier molecular flexibility index (Phi) is 6.94. The summed E-state index contributed by atoms with van der Waals surface area (Å²) in [5.74, 6) is 2.61. The molecule has 1 aliphatic heterocycles. The highest BCUT2D eigenvalue weighted by Gasteiger charge is 2.31. The lowest BCUT2D eigenvalue weighted by atomic mass is 9.72. The molecule has 0 amide bonds. The smallest absolute Gasteiger partial charge is 0.123 e. The molecule has 0 atom stereocenters. The van der Waals surface area contributed by atoms with Gasteiger partial charge >= 0.3 is 0 Å². The molecule has 2 fully saturated rings. The van der Waals surface area contributed by atoms with Gasteiger partial charge in [0, 0.05) is 8.80 Å². The third-order valence-electron chi connectivity index (χ3n) is 6.89. The highest BCUT2D eigenvalue weighted by Crippen LogP contribution is 2.43. The minimum absolute atomic E-state index is 0.104. The molecule has 24 heavy (non-hydrogen) atoms. The van der Waals surface area contributed by atoms with Gasteiger partial charge in [-0.25, -0.2) is 4.39 Å². The van der Waals surface area contributed by atoms with Gasteiger partial charge in [-0.15, -0.1) is 0 Å². The Bertz CT molecular complexity index is 467. The van der Waals surface area contributed by atoms with Crippen LogP contribution in [0.2, 0.25) is 18.1 Å². The molecule has 1 saturated carbocycles. The summed E-state index contributed by atoms with van der Waals surface area (Å²) in [6.07, 6.45) is 12.9. The molecule has 1 saturated heterocycles. The fraction of sp³-hybridized carbons (Fsp3) is 0.727. The molecule has 0 spiro atoms. The molecule has 3 rings (SSSR count). The molecule has 1 heterocycles. The molecule has 1 aliphatic carbocycles. The molecule has 0 nitrogen and oxygen atoms in total. The Hall–Kier alpha value is -0.633. The van der Waals surface area contributed by atoms with Crippen molar-refractivity contribution in [1.29, 1.82) is 0 Å². The van der Waals surface area contributed by atoms with E-state index in [1.165, 1.54) is 50.5 Å². The summed E-state index contributed by atoms with van der Waals surface area (Å²) in [6, 6.07) is 12.2. The fourth-order valence-electron chi connectivity index (χ4n) is 5.29. The van der Waals surface area contributed by atoms with E-state index in [4.69, 9.17) is 0 Å². The third kappa shape index (κ3) is 4.94. The topological polar surface area (TPSA) is 0 Å². The van der Waals surface area contributed by atoms with E-state index >= 15 is 0 Å². The van der Waals surface area contributed by atoms with E-state index in [2.05, 4.69) is 6.92 Å². The molecule has 0 bridgehead atoms. The van der Waals surface area contributed by atoms with Crippen LogP contribution < -0.4 is 0 Å². The van der Waals surface area contributed by atoms with Crippen LogP contribution in [0.4, 0.5) is 4.39 Å². The fourth-order valence-corrected chi connectivity index (χ4v) is 8.82. The van der Waals surface area contributed by atoms with Crippen LogP contribution in [0.25, 0.3) is 0 Å². The van der Waals surface area contributed by atoms with Crippen LogP contribution in [-0.2, 0) is 0 Å². The molecule has 134 valence electrons. The van der Waals surface area contributed by atoms with Crippen LogP contribution in [0.15, 0.2) is 24.3 Å². The van der Waals surface area contributed by atoms with Crippen molar-refractivity contribution in [1.82, 2.24) is 0 Å². The van der Waals surface area contributed by atoms with Gasteiger partial charge in [0.25, 0.3) is 0 Å². The maximum Gasteiger partial charge on any atom is 0.123 e. The first-order chi connectivity index (χ1) is 11.8. The molecule has 1 aromatic rings. The van der Waals surface area contributed by atoms with E-state index in [1.54, 1.807) is 43.1 Å². The van der Waals surface area contributed by atoms with E-state index in [0.717, 1.165) is 11.8 Å². The Morgan fingerprint density at radius 2 is 1.50 bits per heavy atom. The lowest BCUT2D eigenvalue weighted by molar-refractivity contribution is 0.216. The second-order valence-electron chi connectivity index (χ2n) is 8.44. The highest BCUT2D eigenvalue weighted by atomic mass is 28.3. The van der Waals surface area contributed by atoms with Crippen molar-refractivity contribution in [3.05, 3.63) is 35.6 Å². The van der Waals surface area contributed by atoms with Gasteiger partial charge in [-0.05, 0) is 61.1 Å². The summed E-state index contributed by atoms with van der Waals surface area (Å²) < 4.78 is 13.1. The lowest BCUT2D eigenvalue weighted by Crippen LogP contribution is -2.28. The third-order valence-corrected chi connectivity index (χ3v) is 10.4. The number of benzene rings is 1. The van der Waals surface area contributed by atoms with E-state index in [1.807, 2.05) is 12.1 Å². The van der Waals surface area contributed by atoms with Crippen molar-refractivity contribution in [3.8, 4) is 0 Å². The standard InChI is InChI=1S/C22H35FSi/c1-2-3-4-15-24-16-13-21(14-17-24)19-7-5-18(6-8-19)20-9-11-22(23)12-10-20/h9-12,18-19,21,24H,2-8,13-17H2,1H3/t18?,19?,21-,24-. The van der Waals surface area contributed by atoms with Gasteiger partial charge in [0.1, 0.15) is 5.82 Å². The first-order valence-electron chi connectivity index (χ1n) is 10.5. The molecular formula is C22H35FSi. The van der Waals surface area contributed by atoms with Crippen LogP contribution in [0, 0.1) is 17.7 Å². The average molecular weight is 347 g/mol. The first-order valence-corrected chi connectivity index (χ1v) is 13.0. The normalized spacial score (nSPS) is 31.1. The van der Waals surface area contributed by atoms with Gasteiger partial charge in [0.2, 0.25) is 0 Å². The molecular weight excluding hydrogens is 311 g/mol. The van der Waals surface area contributed by atoms with E-state index in [-0.39, 0.29) is 14.6 Å². The number of halogens is 1. The van der Waals surface area contributed by atoms with Gasteiger partial charge in [-0.2, -0.15) is 0 Å². The second kappa shape index (κ2) is 9.17. The molecule has 2 heteroatoms. The molecule has 0 unspecified atom stereocenters. The Morgan fingerprint density at radius 3 is 2.12 bits per heavy atom. The number of hydrogen-bond donors (Lipinski definition) is 0. The second-order valence-corrected chi connectivity index (χ2v) is 11.9. The van der Waals surface area contributed by atoms with Gasteiger partial charge in [-0.3, -0.25) is 0 Å². The molecule has 1 aromatic carbocycles. The van der Waals surface area contributed by atoms with Gasteiger partial charge in [-0.1, -0.05) is 69.3 Å². The largest absolute Gasteiger partial charge is 0.207 e. The first kappa shape index (κ1) is 18.2. The van der Waals surface area contributed by atoms with Crippen LogP contribution in [0.5, 0.6) is 0 Å². The van der Waals surface area contributed by atoms with Crippen molar-refractivity contribution in [2.75, 3.05) is 0 Å². The number of unbranched alkanes of at least 4 members (excludes halogenated alkanes) is 2. The molecule has 0 aromatic heterocycles. The summed E-state index contributed by atoms with van der Waals surface area (Å²) in [4.78, 5) is 0. The highest BCUT2D eigenvalue weighted by molar-refractivity contribution is 6.58. The quantitative estimate of drug-likeness (QED) is 0.387. The molecule has 0 radical (unpaired) electrons. The number of hydrogen-bond acceptors (Lipinski definition) is 0. The van der Waals surface area contributed by atoms with E-state index in [0.29, 0.717) is 5.92 Å². The minimum Gasteiger partial charge on any atom is -0.207 e. The minimum atomic E-state index is -0.352. The van der Waals surface area contributed by atoms with Gasteiger partial charge in [0.05, 0.1) is 0 Å². The summed E-state index contributed by atoms with van der Waals surface area (Å²) >= 11 is 0. The zero-order chi connectivity index (χ0) is 16.8. The Morgan fingerprint density at radius 1 is 0.875 bits per heavy atom. The van der Waals surface area contributed by atoms with E-state index < -0.39 is 0 Å². The summed E-state index contributed by atoms with van der Waals surface area (Å²) in [7, 11) is -0.352. The predicted molar refractivity (Wildman–Crippen MR) is 105 cm³/mol. The van der Waals surface area contributed by atoms with Crippen LogP contribution in [0.1, 0.15) is 76.2 Å². The predicted octanol–water partition coefficient (Wildman–Crippen LogP) is 6.93. The van der Waals surface area contributed by atoms with Crippen molar-refractivity contribution in [2.24, 2.45) is 11.8 Å². The van der Waals surface area contributed by atoms with Crippen LogP contribution in [-0.4, -0.2) is 8.80 Å². The summed E-state index contributed by atoms with van der Waals surface area (Å²) in [5.41, 5.74) is 1.36. The zero-order valence-corrected chi connectivity index (χ0v) is 16.6. The van der Waals surface area contributed by atoms with Gasteiger partial charge in [0.15, 0.2) is 0 Å². The van der Waals surface area contributed by atoms with Crippen molar-refractivity contribution < 1.29 is 4.39 Å². The summed E-state index contributed by atoms with van der Waals surface area (Å²) in [5, 5.41) is 0. The molecule has 0 N–H and O–H groups in total. The summed E-state index contributed by atoms with van der Waals surface area (Å²) in [6.45, 7) is 2.32. The zero-order valence-electron chi connectivity index (χ0n) is 15.5.